The molecule has 0 aliphatic rings. The van der Waals surface area contributed by atoms with E-state index in [0.29, 0.717) is 17.5 Å². The van der Waals surface area contributed by atoms with Crippen LogP contribution in [0.15, 0.2) is 156 Å². The monoisotopic (exact) mass is 575 g/mol. The van der Waals surface area contributed by atoms with Crippen LogP contribution < -0.4 is 0 Å². The first-order chi connectivity index (χ1) is 22.3. The van der Waals surface area contributed by atoms with Gasteiger partial charge >= 0.3 is 0 Å². The third kappa shape index (κ3) is 4.27. The lowest BCUT2D eigenvalue weighted by Crippen LogP contribution is -2.00. The highest BCUT2D eigenvalue weighted by molar-refractivity contribution is 6.20. The van der Waals surface area contributed by atoms with Gasteiger partial charge in [-0.2, -0.15) is 0 Å². The van der Waals surface area contributed by atoms with Crippen LogP contribution in [0.2, 0.25) is 0 Å². The van der Waals surface area contributed by atoms with Gasteiger partial charge in [0.1, 0.15) is 11.2 Å². The maximum absolute atomic E-state index is 6.33. The van der Waals surface area contributed by atoms with Crippen molar-refractivity contribution < 1.29 is 4.42 Å². The van der Waals surface area contributed by atoms with Gasteiger partial charge in [0.15, 0.2) is 17.5 Å². The summed E-state index contributed by atoms with van der Waals surface area (Å²) in [5, 5.41) is 6.90. The number of fused-ring (bicyclic) bond motifs is 6. The van der Waals surface area contributed by atoms with Crippen LogP contribution in [0.4, 0.5) is 0 Å². The molecule has 4 heteroatoms. The molecule has 0 radical (unpaired) electrons. The van der Waals surface area contributed by atoms with Crippen molar-refractivity contribution in [2.45, 2.75) is 0 Å². The maximum atomic E-state index is 6.33. The summed E-state index contributed by atoms with van der Waals surface area (Å²) in [6, 6.07) is 52.2. The topological polar surface area (TPSA) is 51.8 Å². The quantitative estimate of drug-likeness (QED) is 0.196. The molecule has 0 saturated carbocycles. The summed E-state index contributed by atoms with van der Waals surface area (Å²) in [6.45, 7) is 0. The van der Waals surface area contributed by atoms with Gasteiger partial charge in [-0.1, -0.05) is 127 Å². The predicted molar refractivity (Wildman–Crippen MR) is 184 cm³/mol. The Labute approximate surface area is 259 Å². The maximum Gasteiger partial charge on any atom is 0.164 e. The van der Waals surface area contributed by atoms with Crippen molar-refractivity contribution in [3.05, 3.63) is 152 Å². The molecule has 0 fully saturated rings. The molecule has 0 N–H and O–H groups in total. The summed E-state index contributed by atoms with van der Waals surface area (Å²) in [7, 11) is 0. The molecule has 0 unspecified atom stereocenters. The van der Waals surface area contributed by atoms with E-state index in [1.807, 2.05) is 78.9 Å². The van der Waals surface area contributed by atoms with Crippen molar-refractivity contribution in [2.75, 3.05) is 0 Å². The summed E-state index contributed by atoms with van der Waals surface area (Å²) >= 11 is 0. The van der Waals surface area contributed by atoms with Crippen LogP contribution >= 0.6 is 0 Å². The summed E-state index contributed by atoms with van der Waals surface area (Å²) in [5.74, 6) is 1.91. The second kappa shape index (κ2) is 10.2. The molecule has 2 heterocycles. The van der Waals surface area contributed by atoms with E-state index in [1.165, 1.54) is 16.2 Å². The van der Waals surface area contributed by atoms with Gasteiger partial charge in [-0.25, -0.2) is 15.0 Å². The molecule has 45 heavy (non-hydrogen) atoms. The number of aromatic nitrogens is 3. The molecule has 9 aromatic rings. The third-order valence-corrected chi connectivity index (χ3v) is 8.49. The second-order valence-corrected chi connectivity index (χ2v) is 11.2. The van der Waals surface area contributed by atoms with Crippen LogP contribution in [-0.2, 0) is 0 Å². The highest BCUT2D eigenvalue weighted by Crippen LogP contribution is 2.43. The predicted octanol–water partition coefficient (Wildman–Crippen LogP) is 10.7. The highest BCUT2D eigenvalue weighted by atomic mass is 16.3. The Hall–Kier alpha value is -6.13. The number of para-hydroxylation sites is 1. The lowest BCUT2D eigenvalue weighted by atomic mass is 9.89. The van der Waals surface area contributed by atoms with Gasteiger partial charge in [0, 0.05) is 27.5 Å². The number of hydrogen-bond acceptors (Lipinski definition) is 4. The average Bonchev–Trinajstić information content (AvgIpc) is 3.51. The Kier molecular flexibility index (Phi) is 5.78. The Bertz CT molecular complexity index is 2480. The molecule has 0 aliphatic carbocycles. The first kappa shape index (κ1) is 25.4. The number of benzene rings is 7. The third-order valence-electron chi connectivity index (χ3n) is 8.49. The minimum absolute atomic E-state index is 0.628. The molecule has 0 spiro atoms. The zero-order valence-electron chi connectivity index (χ0n) is 24.2. The molecule has 0 bridgehead atoms. The van der Waals surface area contributed by atoms with Gasteiger partial charge in [0.25, 0.3) is 0 Å². The fourth-order valence-corrected chi connectivity index (χ4v) is 6.42. The van der Waals surface area contributed by atoms with E-state index in [4.69, 9.17) is 19.4 Å². The van der Waals surface area contributed by atoms with Crippen molar-refractivity contribution in [2.24, 2.45) is 0 Å². The average molecular weight is 576 g/mol. The van der Waals surface area contributed by atoms with E-state index in [0.717, 1.165) is 55.1 Å². The molecule has 0 atom stereocenters. The van der Waals surface area contributed by atoms with Crippen molar-refractivity contribution in [1.29, 1.82) is 0 Å². The lowest BCUT2D eigenvalue weighted by molar-refractivity contribution is 0.669. The number of nitrogens with zero attached hydrogens (tertiary/aromatic N) is 3. The zero-order valence-corrected chi connectivity index (χ0v) is 24.2. The molecule has 0 aliphatic heterocycles. The van der Waals surface area contributed by atoms with Gasteiger partial charge < -0.3 is 4.42 Å². The highest BCUT2D eigenvalue weighted by Gasteiger charge is 2.19. The summed E-state index contributed by atoms with van der Waals surface area (Å²) in [6.07, 6.45) is 0. The van der Waals surface area contributed by atoms with E-state index in [-0.39, 0.29) is 0 Å². The minimum atomic E-state index is 0.628. The number of furan rings is 1. The summed E-state index contributed by atoms with van der Waals surface area (Å²) < 4.78 is 6.33. The smallest absolute Gasteiger partial charge is 0.164 e. The zero-order chi connectivity index (χ0) is 29.7. The SMILES string of the molecule is c1ccc(-c2nc(-c3ccccc3)nc(-c3cc(-c4cccc5oc6ccccc6c45)c4c(ccc5ccccc54)c3)n2)cc1. The van der Waals surface area contributed by atoms with Crippen LogP contribution in [0.5, 0.6) is 0 Å². The van der Waals surface area contributed by atoms with Crippen LogP contribution in [-0.4, -0.2) is 15.0 Å². The van der Waals surface area contributed by atoms with Gasteiger partial charge in [0.05, 0.1) is 0 Å². The molecule has 210 valence electrons. The van der Waals surface area contributed by atoms with Crippen LogP contribution in [0, 0.1) is 0 Å². The molecular formula is C41H25N3O. The van der Waals surface area contributed by atoms with Gasteiger partial charge in [-0.05, 0) is 56.9 Å². The van der Waals surface area contributed by atoms with Crippen LogP contribution in [0.3, 0.4) is 0 Å². The van der Waals surface area contributed by atoms with Crippen molar-refractivity contribution in [1.82, 2.24) is 15.0 Å². The van der Waals surface area contributed by atoms with Crippen LogP contribution in [0.25, 0.3) is 88.8 Å². The standard InChI is InChI=1S/C41H25N3O/c1-3-13-27(14-4-1)39-42-40(28-15-5-2-6-16-28)44-41(43-39)30-24-29-23-22-26-12-7-8-17-31(26)37(29)34(25-30)32-19-11-21-36-38(32)33-18-9-10-20-35(33)45-36/h1-25H. The summed E-state index contributed by atoms with van der Waals surface area (Å²) in [4.78, 5) is 15.0. The van der Waals surface area contributed by atoms with Gasteiger partial charge in [-0.3, -0.25) is 0 Å². The Morgan fingerprint density at radius 3 is 1.67 bits per heavy atom. The first-order valence-corrected chi connectivity index (χ1v) is 15.0. The van der Waals surface area contributed by atoms with Crippen molar-refractivity contribution >= 4 is 43.5 Å². The molecule has 9 rings (SSSR count). The van der Waals surface area contributed by atoms with E-state index in [2.05, 4.69) is 72.8 Å². The Morgan fingerprint density at radius 2 is 0.933 bits per heavy atom. The fourth-order valence-electron chi connectivity index (χ4n) is 6.42. The minimum Gasteiger partial charge on any atom is -0.456 e. The van der Waals surface area contributed by atoms with E-state index >= 15 is 0 Å². The Morgan fingerprint density at radius 1 is 0.356 bits per heavy atom. The van der Waals surface area contributed by atoms with Gasteiger partial charge in [0.2, 0.25) is 0 Å². The number of hydrogen-bond donors (Lipinski definition) is 0. The Balaban J connectivity index is 1.38. The van der Waals surface area contributed by atoms with Crippen molar-refractivity contribution in [3.8, 4) is 45.3 Å². The molecule has 2 aromatic heterocycles. The summed E-state index contributed by atoms with van der Waals surface area (Å²) in [5.41, 5.74) is 6.78. The number of rotatable bonds is 4. The molecule has 0 saturated heterocycles. The van der Waals surface area contributed by atoms with Crippen LogP contribution in [0.1, 0.15) is 0 Å². The molecule has 4 nitrogen and oxygen atoms in total. The molecule has 0 amide bonds. The molecule has 7 aromatic carbocycles. The molecular weight excluding hydrogens is 550 g/mol. The largest absolute Gasteiger partial charge is 0.456 e. The van der Waals surface area contributed by atoms with E-state index < -0.39 is 0 Å². The first-order valence-electron chi connectivity index (χ1n) is 15.0. The van der Waals surface area contributed by atoms with Crippen molar-refractivity contribution in [3.63, 3.8) is 0 Å². The van der Waals surface area contributed by atoms with E-state index in [1.54, 1.807) is 0 Å². The normalized spacial score (nSPS) is 11.6. The van der Waals surface area contributed by atoms with Gasteiger partial charge in [-0.15, -0.1) is 0 Å². The lowest BCUT2D eigenvalue weighted by Gasteiger charge is -2.15. The second-order valence-electron chi connectivity index (χ2n) is 11.2. The van der Waals surface area contributed by atoms with E-state index in [9.17, 15) is 0 Å². The fraction of sp³-hybridized carbons (Fsp3) is 0.